The second-order valence-electron chi connectivity index (χ2n) is 6.83. The Hall–Kier alpha value is -2.30. The third-order valence-electron chi connectivity index (χ3n) is 4.59. The molecule has 0 atom stereocenters. The molecule has 5 nitrogen and oxygen atoms in total. The highest BCUT2D eigenvalue weighted by atomic mass is 16.5. The normalized spacial score (nSPS) is 14.0. The summed E-state index contributed by atoms with van der Waals surface area (Å²) >= 11 is 0. The Morgan fingerprint density at radius 3 is 2.96 bits per heavy atom. The molecule has 1 N–H and O–H groups in total. The summed E-state index contributed by atoms with van der Waals surface area (Å²) in [7, 11) is 2.13. The van der Waals surface area contributed by atoms with E-state index in [0.29, 0.717) is 23.6 Å². The summed E-state index contributed by atoms with van der Waals surface area (Å²) in [6, 6.07) is 6.44. The van der Waals surface area contributed by atoms with E-state index in [4.69, 9.17) is 4.52 Å². The first-order valence-corrected chi connectivity index (χ1v) is 8.54. The number of nitrogens with zero attached hydrogens (tertiary/aromatic N) is 2. The van der Waals surface area contributed by atoms with Gasteiger partial charge in [0.1, 0.15) is 5.56 Å². The lowest BCUT2D eigenvalue weighted by atomic mass is 9.99. The molecule has 1 aliphatic heterocycles. The molecular weight excluding hydrogens is 302 g/mol. The number of aromatic nitrogens is 1. The first kappa shape index (κ1) is 16.6. The maximum Gasteiger partial charge on any atom is 0.257 e. The van der Waals surface area contributed by atoms with Crippen molar-refractivity contribution in [3.63, 3.8) is 0 Å². The van der Waals surface area contributed by atoms with Gasteiger partial charge in [0, 0.05) is 31.7 Å². The largest absolute Gasteiger partial charge is 0.374 e. The fourth-order valence-corrected chi connectivity index (χ4v) is 3.28. The quantitative estimate of drug-likeness (QED) is 0.935. The molecule has 0 saturated carbocycles. The van der Waals surface area contributed by atoms with Crippen LogP contribution in [0.25, 0.3) is 0 Å². The molecule has 1 amide bonds. The van der Waals surface area contributed by atoms with Crippen molar-refractivity contribution >= 4 is 11.6 Å². The number of rotatable bonds is 4. The Morgan fingerprint density at radius 1 is 1.42 bits per heavy atom. The molecule has 2 aromatic rings. The number of nitrogens with one attached hydrogen (secondary N) is 1. The van der Waals surface area contributed by atoms with Crippen LogP contribution in [0.2, 0.25) is 0 Å². The summed E-state index contributed by atoms with van der Waals surface area (Å²) in [5, 5.41) is 6.94. The molecule has 5 heteroatoms. The van der Waals surface area contributed by atoms with E-state index in [1.54, 1.807) is 6.92 Å². The average molecular weight is 327 g/mol. The minimum absolute atomic E-state index is 0.118. The monoisotopic (exact) mass is 327 g/mol. The summed E-state index contributed by atoms with van der Waals surface area (Å²) in [6.07, 6.45) is 2.28. The van der Waals surface area contributed by atoms with Gasteiger partial charge in [0.25, 0.3) is 5.91 Å². The number of fused-ring (bicyclic) bond motifs is 1. The van der Waals surface area contributed by atoms with Crippen molar-refractivity contribution in [3.05, 3.63) is 46.3 Å². The number of anilines is 1. The lowest BCUT2D eigenvalue weighted by Gasteiger charge is -2.27. The van der Waals surface area contributed by atoms with E-state index in [-0.39, 0.29) is 11.8 Å². The minimum Gasteiger partial charge on any atom is -0.374 e. The maximum atomic E-state index is 12.5. The Morgan fingerprint density at radius 2 is 2.21 bits per heavy atom. The van der Waals surface area contributed by atoms with E-state index in [2.05, 4.69) is 40.6 Å². The lowest BCUT2D eigenvalue weighted by Crippen LogP contribution is -2.26. The minimum atomic E-state index is -0.118. The van der Waals surface area contributed by atoms with E-state index >= 15 is 0 Å². The fraction of sp³-hybridized carbons (Fsp3) is 0.474. The van der Waals surface area contributed by atoms with E-state index in [9.17, 15) is 4.79 Å². The topological polar surface area (TPSA) is 58.4 Å². The highest BCUT2D eigenvalue weighted by Gasteiger charge is 2.22. The SMILES string of the molecule is Cc1noc(C(C)C)c1C(=O)NCc1ccc2c(c1)CCCN2C. The lowest BCUT2D eigenvalue weighted by molar-refractivity contribution is 0.0948. The van der Waals surface area contributed by atoms with Crippen LogP contribution in [0, 0.1) is 6.92 Å². The van der Waals surface area contributed by atoms with Gasteiger partial charge in [-0.1, -0.05) is 31.1 Å². The first-order chi connectivity index (χ1) is 11.5. The van der Waals surface area contributed by atoms with Gasteiger partial charge in [-0.25, -0.2) is 0 Å². The van der Waals surface area contributed by atoms with Crippen LogP contribution >= 0.6 is 0 Å². The molecule has 0 aliphatic carbocycles. The van der Waals surface area contributed by atoms with E-state index in [1.807, 2.05) is 13.8 Å². The smallest absolute Gasteiger partial charge is 0.257 e. The number of carbonyl (C=O) groups excluding carboxylic acids is 1. The number of carbonyl (C=O) groups is 1. The summed E-state index contributed by atoms with van der Waals surface area (Å²) in [4.78, 5) is 14.8. The molecule has 0 spiro atoms. The number of benzene rings is 1. The number of aryl methyl sites for hydroxylation is 2. The van der Waals surface area contributed by atoms with E-state index < -0.39 is 0 Å². The van der Waals surface area contributed by atoms with Crippen LogP contribution in [0.3, 0.4) is 0 Å². The van der Waals surface area contributed by atoms with Crippen LogP contribution < -0.4 is 10.2 Å². The van der Waals surface area contributed by atoms with Gasteiger partial charge < -0.3 is 14.7 Å². The zero-order valence-corrected chi connectivity index (χ0v) is 14.8. The first-order valence-electron chi connectivity index (χ1n) is 8.54. The molecule has 2 heterocycles. The van der Waals surface area contributed by atoms with Crippen molar-refractivity contribution in [1.29, 1.82) is 0 Å². The molecule has 24 heavy (non-hydrogen) atoms. The van der Waals surface area contributed by atoms with Gasteiger partial charge in [0.15, 0.2) is 5.76 Å². The van der Waals surface area contributed by atoms with Crippen LogP contribution in [0.15, 0.2) is 22.7 Å². The van der Waals surface area contributed by atoms with Gasteiger partial charge in [-0.15, -0.1) is 0 Å². The molecule has 0 radical (unpaired) electrons. The third kappa shape index (κ3) is 3.16. The number of amides is 1. The van der Waals surface area contributed by atoms with Gasteiger partial charge in [-0.3, -0.25) is 4.79 Å². The van der Waals surface area contributed by atoms with Crippen LogP contribution in [0.4, 0.5) is 5.69 Å². The summed E-state index contributed by atoms with van der Waals surface area (Å²) in [5.41, 5.74) is 5.00. The predicted molar refractivity (Wildman–Crippen MR) is 94.5 cm³/mol. The summed E-state index contributed by atoms with van der Waals surface area (Å²) < 4.78 is 5.30. The number of hydrogen-bond acceptors (Lipinski definition) is 4. The van der Waals surface area contributed by atoms with Gasteiger partial charge in [-0.2, -0.15) is 0 Å². The predicted octanol–water partition coefficient (Wildman–Crippen LogP) is 3.42. The van der Waals surface area contributed by atoms with Crippen LogP contribution in [0.1, 0.15) is 59.1 Å². The van der Waals surface area contributed by atoms with Gasteiger partial charge >= 0.3 is 0 Å². The Balaban J connectivity index is 1.72. The average Bonchev–Trinajstić information content (AvgIpc) is 2.95. The molecule has 3 rings (SSSR count). The van der Waals surface area contributed by atoms with Crippen LogP contribution in [-0.2, 0) is 13.0 Å². The molecule has 1 aliphatic rings. The maximum absolute atomic E-state index is 12.5. The molecule has 0 fully saturated rings. The van der Waals surface area contributed by atoms with Crippen LogP contribution in [-0.4, -0.2) is 24.7 Å². The Kier molecular flexibility index (Phi) is 4.60. The molecule has 1 aromatic carbocycles. The van der Waals surface area contributed by atoms with Gasteiger partial charge in [0.05, 0.1) is 5.69 Å². The van der Waals surface area contributed by atoms with E-state index in [1.165, 1.54) is 17.7 Å². The molecule has 128 valence electrons. The van der Waals surface area contributed by atoms with Crippen molar-refractivity contribution < 1.29 is 9.32 Å². The second-order valence-corrected chi connectivity index (χ2v) is 6.83. The molecule has 0 unspecified atom stereocenters. The molecular formula is C19H25N3O2. The van der Waals surface area contributed by atoms with Crippen molar-refractivity contribution in [2.45, 2.75) is 46.1 Å². The van der Waals surface area contributed by atoms with Gasteiger partial charge in [-0.05, 0) is 37.0 Å². The standard InChI is InChI=1S/C19H25N3O2/c1-12(2)18-17(13(3)21-24-18)19(23)20-11-14-7-8-16-15(10-14)6-5-9-22(16)4/h7-8,10,12H,5-6,9,11H2,1-4H3,(H,20,23). The zero-order valence-electron chi connectivity index (χ0n) is 14.8. The summed E-state index contributed by atoms with van der Waals surface area (Å²) in [5.74, 6) is 0.663. The Bertz CT molecular complexity index is 749. The van der Waals surface area contributed by atoms with Crippen molar-refractivity contribution in [2.75, 3.05) is 18.5 Å². The van der Waals surface area contributed by atoms with Gasteiger partial charge in [0.2, 0.25) is 0 Å². The van der Waals surface area contributed by atoms with Crippen LogP contribution in [0.5, 0.6) is 0 Å². The highest BCUT2D eigenvalue weighted by Crippen LogP contribution is 2.27. The summed E-state index contributed by atoms with van der Waals surface area (Å²) in [6.45, 7) is 7.41. The highest BCUT2D eigenvalue weighted by molar-refractivity contribution is 5.96. The molecule has 0 saturated heterocycles. The number of hydrogen-bond donors (Lipinski definition) is 1. The second kappa shape index (κ2) is 6.67. The third-order valence-corrected chi connectivity index (χ3v) is 4.59. The van der Waals surface area contributed by atoms with Crippen molar-refractivity contribution in [2.24, 2.45) is 0 Å². The van der Waals surface area contributed by atoms with Crippen molar-refractivity contribution in [3.8, 4) is 0 Å². The molecule has 0 bridgehead atoms. The van der Waals surface area contributed by atoms with Crippen molar-refractivity contribution in [1.82, 2.24) is 10.5 Å². The fourth-order valence-electron chi connectivity index (χ4n) is 3.28. The molecule has 1 aromatic heterocycles. The Labute approximate surface area is 143 Å². The van der Waals surface area contributed by atoms with E-state index in [0.717, 1.165) is 18.5 Å². The zero-order chi connectivity index (χ0) is 17.3.